The molecular formula is C15H22N2O2. The molecule has 2 rings (SSSR count). The highest BCUT2D eigenvalue weighted by Gasteiger charge is 2.29. The molecule has 1 saturated heterocycles. The van der Waals surface area contributed by atoms with Crippen LogP contribution >= 0.6 is 0 Å². The highest BCUT2D eigenvalue weighted by molar-refractivity contribution is 5.81. The lowest BCUT2D eigenvalue weighted by Gasteiger charge is -2.13. The van der Waals surface area contributed by atoms with Crippen LogP contribution in [0.5, 0.6) is 0 Å². The Morgan fingerprint density at radius 3 is 2.84 bits per heavy atom. The van der Waals surface area contributed by atoms with Gasteiger partial charge in [0.25, 0.3) is 0 Å². The van der Waals surface area contributed by atoms with E-state index in [4.69, 9.17) is 10.5 Å². The Morgan fingerprint density at radius 2 is 2.21 bits per heavy atom. The van der Waals surface area contributed by atoms with Crippen molar-refractivity contribution in [3.05, 3.63) is 34.9 Å². The SMILES string of the molecule is Cc1ccc(CNC(=O)[C@@H]2CC[C@H](CN)O2)c(C)c1. The fourth-order valence-electron chi connectivity index (χ4n) is 2.41. The van der Waals surface area contributed by atoms with Crippen LogP contribution in [-0.2, 0) is 16.1 Å². The molecule has 1 heterocycles. The molecule has 104 valence electrons. The summed E-state index contributed by atoms with van der Waals surface area (Å²) in [5.74, 6) is -0.0316. The topological polar surface area (TPSA) is 64.4 Å². The molecule has 0 aromatic heterocycles. The molecule has 2 atom stereocenters. The average molecular weight is 262 g/mol. The minimum absolute atomic E-state index is 0.0316. The monoisotopic (exact) mass is 262 g/mol. The van der Waals surface area contributed by atoms with E-state index in [-0.39, 0.29) is 18.1 Å². The van der Waals surface area contributed by atoms with Gasteiger partial charge in [-0.25, -0.2) is 0 Å². The van der Waals surface area contributed by atoms with E-state index in [0.717, 1.165) is 18.4 Å². The van der Waals surface area contributed by atoms with Crippen LogP contribution in [0.3, 0.4) is 0 Å². The third-order valence-corrected chi connectivity index (χ3v) is 3.61. The van der Waals surface area contributed by atoms with Gasteiger partial charge in [0, 0.05) is 13.1 Å². The van der Waals surface area contributed by atoms with E-state index in [9.17, 15) is 4.79 Å². The van der Waals surface area contributed by atoms with Crippen LogP contribution in [0, 0.1) is 13.8 Å². The average Bonchev–Trinajstić information content (AvgIpc) is 2.86. The summed E-state index contributed by atoms with van der Waals surface area (Å²) < 4.78 is 5.57. The third-order valence-electron chi connectivity index (χ3n) is 3.61. The molecule has 4 nitrogen and oxygen atoms in total. The minimum Gasteiger partial charge on any atom is -0.364 e. The number of benzene rings is 1. The van der Waals surface area contributed by atoms with E-state index in [1.165, 1.54) is 11.1 Å². The Kier molecular flexibility index (Phi) is 4.56. The summed E-state index contributed by atoms with van der Waals surface area (Å²) in [4.78, 5) is 12.0. The van der Waals surface area contributed by atoms with Gasteiger partial charge in [0.15, 0.2) is 0 Å². The Morgan fingerprint density at radius 1 is 1.42 bits per heavy atom. The van der Waals surface area contributed by atoms with E-state index in [0.29, 0.717) is 13.1 Å². The Balaban J connectivity index is 1.87. The molecule has 1 aliphatic rings. The smallest absolute Gasteiger partial charge is 0.249 e. The molecule has 0 saturated carbocycles. The molecule has 1 amide bonds. The molecule has 19 heavy (non-hydrogen) atoms. The Bertz CT molecular complexity index is 459. The molecule has 1 aliphatic heterocycles. The first-order valence-electron chi connectivity index (χ1n) is 6.79. The summed E-state index contributed by atoms with van der Waals surface area (Å²) in [7, 11) is 0. The summed E-state index contributed by atoms with van der Waals surface area (Å²) in [6.07, 6.45) is 1.34. The standard InChI is InChI=1S/C15H22N2O2/c1-10-3-4-12(11(2)7-10)9-17-15(18)14-6-5-13(8-16)19-14/h3-4,7,13-14H,5-6,8-9,16H2,1-2H3,(H,17,18)/t13-,14+/m1/s1. The van der Waals surface area contributed by atoms with Crippen LogP contribution in [-0.4, -0.2) is 24.7 Å². The number of amides is 1. The van der Waals surface area contributed by atoms with Crippen molar-refractivity contribution in [3.8, 4) is 0 Å². The van der Waals surface area contributed by atoms with Gasteiger partial charge in [0.05, 0.1) is 6.10 Å². The molecule has 0 spiro atoms. The molecule has 4 heteroatoms. The van der Waals surface area contributed by atoms with Crippen LogP contribution in [0.1, 0.15) is 29.5 Å². The molecule has 1 aromatic rings. The largest absolute Gasteiger partial charge is 0.364 e. The number of nitrogens with two attached hydrogens (primary N) is 1. The maximum Gasteiger partial charge on any atom is 0.249 e. The maximum atomic E-state index is 12.0. The second-order valence-electron chi connectivity index (χ2n) is 5.21. The van der Waals surface area contributed by atoms with Gasteiger partial charge in [-0.1, -0.05) is 23.8 Å². The molecule has 3 N–H and O–H groups in total. The zero-order chi connectivity index (χ0) is 13.8. The molecule has 1 fully saturated rings. The van der Waals surface area contributed by atoms with E-state index in [1.807, 2.05) is 0 Å². The summed E-state index contributed by atoms with van der Waals surface area (Å²) in [5.41, 5.74) is 9.12. The van der Waals surface area contributed by atoms with Crippen molar-refractivity contribution in [2.24, 2.45) is 5.73 Å². The lowest BCUT2D eigenvalue weighted by molar-refractivity contribution is -0.132. The summed E-state index contributed by atoms with van der Waals surface area (Å²) in [6, 6.07) is 6.24. The Hall–Kier alpha value is -1.39. The number of nitrogens with one attached hydrogen (secondary N) is 1. The first kappa shape index (κ1) is 14.0. The van der Waals surface area contributed by atoms with Gasteiger partial charge in [-0.3, -0.25) is 4.79 Å². The van der Waals surface area contributed by atoms with Gasteiger partial charge in [-0.15, -0.1) is 0 Å². The van der Waals surface area contributed by atoms with E-state index >= 15 is 0 Å². The van der Waals surface area contributed by atoms with Crippen LogP contribution in [0.15, 0.2) is 18.2 Å². The fraction of sp³-hybridized carbons (Fsp3) is 0.533. The number of hydrogen-bond donors (Lipinski definition) is 2. The number of carbonyl (C=O) groups excluding carboxylic acids is 1. The lowest BCUT2D eigenvalue weighted by atomic mass is 10.1. The summed E-state index contributed by atoms with van der Waals surface area (Å²) >= 11 is 0. The third kappa shape index (κ3) is 3.55. The second-order valence-corrected chi connectivity index (χ2v) is 5.21. The van der Waals surface area contributed by atoms with Crippen LogP contribution in [0.25, 0.3) is 0 Å². The number of aryl methyl sites for hydroxylation is 2. The molecular weight excluding hydrogens is 240 g/mol. The zero-order valence-corrected chi connectivity index (χ0v) is 11.6. The summed E-state index contributed by atoms with van der Waals surface area (Å²) in [6.45, 7) is 5.17. The van der Waals surface area contributed by atoms with Crippen LogP contribution in [0.4, 0.5) is 0 Å². The summed E-state index contributed by atoms with van der Waals surface area (Å²) in [5, 5.41) is 2.94. The van der Waals surface area contributed by atoms with Gasteiger partial charge in [0.2, 0.25) is 5.91 Å². The first-order chi connectivity index (χ1) is 9.10. The van der Waals surface area contributed by atoms with Gasteiger partial charge in [-0.05, 0) is 37.8 Å². The Labute approximate surface area is 114 Å². The fourth-order valence-corrected chi connectivity index (χ4v) is 2.41. The van der Waals surface area contributed by atoms with Gasteiger partial charge < -0.3 is 15.8 Å². The van der Waals surface area contributed by atoms with Crippen molar-refractivity contribution in [3.63, 3.8) is 0 Å². The second kappa shape index (κ2) is 6.17. The van der Waals surface area contributed by atoms with E-state index in [2.05, 4.69) is 37.4 Å². The van der Waals surface area contributed by atoms with E-state index in [1.54, 1.807) is 0 Å². The van der Waals surface area contributed by atoms with Crippen LogP contribution < -0.4 is 11.1 Å². The number of rotatable bonds is 4. The predicted octanol–water partition coefficient (Wildman–Crippen LogP) is 1.43. The van der Waals surface area contributed by atoms with Gasteiger partial charge in [0.1, 0.15) is 6.10 Å². The van der Waals surface area contributed by atoms with Gasteiger partial charge >= 0.3 is 0 Å². The predicted molar refractivity (Wildman–Crippen MR) is 74.7 cm³/mol. The van der Waals surface area contributed by atoms with Crippen molar-refractivity contribution >= 4 is 5.91 Å². The van der Waals surface area contributed by atoms with Crippen molar-refractivity contribution in [2.45, 2.75) is 45.4 Å². The molecule has 0 aliphatic carbocycles. The van der Waals surface area contributed by atoms with E-state index < -0.39 is 0 Å². The van der Waals surface area contributed by atoms with Crippen molar-refractivity contribution in [2.75, 3.05) is 6.54 Å². The lowest BCUT2D eigenvalue weighted by Crippen LogP contribution is -2.35. The van der Waals surface area contributed by atoms with Crippen molar-refractivity contribution in [1.29, 1.82) is 0 Å². The van der Waals surface area contributed by atoms with Crippen molar-refractivity contribution < 1.29 is 9.53 Å². The van der Waals surface area contributed by atoms with Crippen LogP contribution in [0.2, 0.25) is 0 Å². The zero-order valence-electron chi connectivity index (χ0n) is 11.6. The normalized spacial score (nSPS) is 22.5. The molecule has 0 radical (unpaired) electrons. The number of carbonyl (C=O) groups is 1. The molecule has 0 unspecified atom stereocenters. The van der Waals surface area contributed by atoms with Gasteiger partial charge in [-0.2, -0.15) is 0 Å². The maximum absolute atomic E-state index is 12.0. The van der Waals surface area contributed by atoms with Crippen molar-refractivity contribution in [1.82, 2.24) is 5.32 Å². The number of hydrogen-bond acceptors (Lipinski definition) is 3. The molecule has 0 bridgehead atoms. The highest BCUT2D eigenvalue weighted by Crippen LogP contribution is 2.19. The highest BCUT2D eigenvalue weighted by atomic mass is 16.5. The number of ether oxygens (including phenoxy) is 1. The molecule has 1 aromatic carbocycles. The first-order valence-corrected chi connectivity index (χ1v) is 6.79. The minimum atomic E-state index is -0.334. The quantitative estimate of drug-likeness (QED) is 0.862.